The first-order chi connectivity index (χ1) is 9.45. The molecule has 0 aromatic carbocycles. The van der Waals surface area contributed by atoms with Crippen LogP contribution in [-0.2, 0) is 12.8 Å². The van der Waals surface area contributed by atoms with Gasteiger partial charge in [-0.25, -0.2) is 10.2 Å². The summed E-state index contributed by atoms with van der Waals surface area (Å²) in [7, 11) is 0. The molecule has 0 unspecified atom stereocenters. The van der Waals surface area contributed by atoms with Gasteiger partial charge in [-0.2, -0.15) is 0 Å². The topological polar surface area (TPSA) is 109 Å². The van der Waals surface area contributed by atoms with Gasteiger partial charge in [-0.05, 0) is 33.7 Å². The maximum atomic E-state index is 3.86. The van der Waals surface area contributed by atoms with Gasteiger partial charge >= 0.3 is 0 Å². The zero-order valence-electron chi connectivity index (χ0n) is 11.0. The van der Waals surface area contributed by atoms with Crippen LogP contribution >= 0.6 is 0 Å². The van der Waals surface area contributed by atoms with Gasteiger partial charge in [0.15, 0.2) is 0 Å². The zero-order valence-corrected chi connectivity index (χ0v) is 11.0. The standard InChI is InChI=1S/C11H20N8/c1(2-4-6-8-10-12-16-17-13-10)3-5-7-9-11-14-18-19-15-11/h1-9H2,(H,12,13,16,17)(H,14,15,18,19). The van der Waals surface area contributed by atoms with E-state index in [4.69, 9.17) is 0 Å². The molecule has 0 amide bonds. The highest BCUT2D eigenvalue weighted by Gasteiger charge is 1.98. The average molecular weight is 264 g/mol. The van der Waals surface area contributed by atoms with Crippen LogP contribution in [0.4, 0.5) is 0 Å². The quantitative estimate of drug-likeness (QED) is 0.625. The summed E-state index contributed by atoms with van der Waals surface area (Å²) in [5, 5.41) is 27.5. The highest BCUT2D eigenvalue weighted by atomic mass is 15.5. The van der Waals surface area contributed by atoms with Crippen LogP contribution in [0.3, 0.4) is 0 Å². The number of aromatic amines is 2. The van der Waals surface area contributed by atoms with E-state index in [1.54, 1.807) is 0 Å². The van der Waals surface area contributed by atoms with E-state index in [0.29, 0.717) is 0 Å². The van der Waals surface area contributed by atoms with Gasteiger partial charge in [0.25, 0.3) is 0 Å². The Labute approximate surface area is 111 Å². The number of H-pyrrole nitrogens is 2. The number of unbranched alkanes of at least 4 members (excludes halogenated alkanes) is 6. The Morgan fingerprint density at radius 3 is 1.37 bits per heavy atom. The lowest BCUT2D eigenvalue weighted by molar-refractivity contribution is 0.571. The molecule has 0 spiro atoms. The molecule has 2 aromatic heterocycles. The number of aromatic nitrogens is 8. The first-order valence-corrected chi connectivity index (χ1v) is 6.90. The van der Waals surface area contributed by atoms with Crippen molar-refractivity contribution in [3.63, 3.8) is 0 Å². The Morgan fingerprint density at radius 1 is 0.579 bits per heavy atom. The molecule has 0 bridgehead atoms. The fourth-order valence-corrected chi connectivity index (χ4v) is 2.04. The lowest BCUT2D eigenvalue weighted by atomic mass is 10.1. The number of rotatable bonds is 10. The van der Waals surface area contributed by atoms with Gasteiger partial charge in [0.05, 0.1) is 0 Å². The second-order valence-corrected chi connectivity index (χ2v) is 4.67. The summed E-state index contributed by atoms with van der Waals surface area (Å²) in [5.74, 6) is 1.78. The van der Waals surface area contributed by atoms with Crippen molar-refractivity contribution < 1.29 is 0 Å². The van der Waals surface area contributed by atoms with Crippen molar-refractivity contribution in [2.45, 2.75) is 57.8 Å². The third-order valence-corrected chi connectivity index (χ3v) is 3.11. The second kappa shape index (κ2) is 8.28. The first-order valence-electron chi connectivity index (χ1n) is 6.90. The largest absolute Gasteiger partial charge is 0.243 e. The van der Waals surface area contributed by atoms with Gasteiger partial charge in [-0.1, -0.05) is 32.1 Å². The van der Waals surface area contributed by atoms with Crippen LogP contribution in [0, 0.1) is 0 Å². The Balaban J connectivity index is 1.36. The number of hydrogen-bond donors (Lipinski definition) is 2. The molecule has 8 nitrogen and oxygen atoms in total. The number of tetrazole rings is 2. The fraction of sp³-hybridized carbons (Fsp3) is 0.818. The Morgan fingerprint density at radius 2 is 1.00 bits per heavy atom. The van der Waals surface area contributed by atoms with Crippen LogP contribution < -0.4 is 0 Å². The van der Waals surface area contributed by atoms with Crippen LogP contribution in [0.5, 0.6) is 0 Å². The summed E-state index contributed by atoms with van der Waals surface area (Å²) in [4.78, 5) is 0. The van der Waals surface area contributed by atoms with Crippen LogP contribution in [0.2, 0.25) is 0 Å². The molecule has 0 fully saturated rings. The second-order valence-electron chi connectivity index (χ2n) is 4.67. The lowest BCUT2D eigenvalue weighted by Gasteiger charge is -2.00. The molecule has 19 heavy (non-hydrogen) atoms. The van der Waals surface area contributed by atoms with Crippen molar-refractivity contribution >= 4 is 0 Å². The number of hydrogen-bond acceptors (Lipinski definition) is 6. The molecule has 2 aromatic rings. The Bertz CT molecular complexity index is 370. The van der Waals surface area contributed by atoms with Crippen LogP contribution in [0.1, 0.15) is 56.6 Å². The van der Waals surface area contributed by atoms with E-state index in [-0.39, 0.29) is 0 Å². The summed E-state index contributed by atoms with van der Waals surface area (Å²) in [6.07, 6.45) is 10.6. The van der Waals surface area contributed by atoms with E-state index < -0.39 is 0 Å². The monoisotopic (exact) mass is 264 g/mol. The molecule has 0 saturated carbocycles. The molecule has 0 aliphatic carbocycles. The average Bonchev–Trinajstić information content (AvgIpc) is 3.10. The van der Waals surface area contributed by atoms with Gasteiger partial charge in [0, 0.05) is 12.8 Å². The summed E-state index contributed by atoms with van der Waals surface area (Å²) >= 11 is 0. The van der Waals surface area contributed by atoms with Crippen molar-refractivity contribution in [3.8, 4) is 0 Å². The predicted molar refractivity (Wildman–Crippen MR) is 68.1 cm³/mol. The van der Waals surface area contributed by atoms with E-state index in [0.717, 1.165) is 37.3 Å². The van der Waals surface area contributed by atoms with Crippen LogP contribution in [0.15, 0.2) is 0 Å². The SMILES string of the molecule is C(CCCCc1nnn[nH]1)CCCCc1nnn[nH]1. The molecule has 0 radical (unpaired) electrons. The van der Waals surface area contributed by atoms with E-state index in [1.165, 1.54) is 32.1 Å². The fourth-order valence-electron chi connectivity index (χ4n) is 2.04. The van der Waals surface area contributed by atoms with Gasteiger partial charge in [-0.15, -0.1) is 10.2 Å². The Hall–Kier alpha value is -1.86. The van der Waals surface area contributed by atoms with Crippen molar-refractivity contribution in [1.29, 1.82) is 0 Å². The minimum atomic E-state index is 0.890. The van der Waals surface area contributed by atoms with E-state index in [2.05, 4.69) is 41.2 Å². The third-order valence-electron chi connectivity index (χ3n) is 3.11. The summed E-state index contributed by atoms with van der Waals surface area (Å²) in [5.41, 5.74) is 0. The maximum absolute atomic E-state index is 3.86. The number of aryl methyl sites for hydroxylation is 2. The van der Waals surface area contributed by atoms with Gasteiger partial charge in [0.1, 0.15) is 11.6 Å². The molecule has 8 heteroatoms. The van der Waals surface area contributed by atoms with E-state index >= 15 is 0 Å². The van der Waals surface area contributed by atoms with Crippen LogP contribution in [0.25, 0.3) is 0 Å². The van der Waals surface area contributed by atoms with Gasteiger partial charge in [0.2, 0.25) is 0 Å². The van der Waals surface area contributed by atoms with E-state index in [1.807, 2.05) is 0 Å². The van der Waals surface area contributed by atoms with Gasteiger partial charge in [-0.3, -0.25) is 0 Å². The molecule has 104 valence electrons. The summed E-state index contributed by atoms with van der Waals surface area (Å²) in [6, 6.07) is 0. The van der Waals surface area contributed by atoms with E-state index in [9.17, 15) is 0 Å². The summed E-state index contributed by atoms with van der Waals surface area (Å²) in [6.45, 7) is 0. The maximum Gasteiger partial charge on any atom is 0.148 e. The normalized spacial score (nSPS) is 10.9. The molecular weight excluding hydrogens is 244 g/mol. The van der Waals surface area contributed by atoms with Gasteiger partial charge < -0.3 is 0 Å². The molecule has 0 saturated heterocycles. The minimum Gasteiger partial charge on any atom is -0.243 e. The van der Waals surface area contributed by atoms with Crippen LogP contribution in [-0.4, -0.2) is 41.2 Å². The predicted octanol–water partition coefficient (Wildman–Crippen LogP) is 1.23. The summed E-state index contributed by atoms with van der Waals surface area (Å²) < 4.78 is 0. The van der Waals surface area contributed by atoms with Crippen molar-refractivity contribution in [3.05, 3.63) is 11.6 Å². The molecule has 2 rings (SSSR count). The highest BCUT2D eigenvalue weighted by Crippen LogP contribution is 2.09. The zero-order chi connectivity index (χ0) is 13.2. The molecule has 2 N–H and O–H groups in total. The number of nitrogens with one attached hydrogen (secondary N) is 2. The molecule has 2 heterocycles. The first kappa shape index (κ1) is 13.6. The molecular formula is C11H20N8. The minimum absolute atomic E-state index is 0.890. The molecule has 0 aliphatic heterocycles. The molecule has 0 atom stereocenters. The van der Waals surface area contributed by atoms with Crippen molar-refractivity contribution in [1.82, 2.24) is 41.2 Å². The van der Waals surface area contributed by atoms with Crippen molar-refractivity contribution in [2.75, 3.05) is 0 Å². The Kier molecular flexibility index (Phi) is 5.91. The number of nitrogens with zero attached hydrogens (tertiary/aromatic N) is 6. The molecule has 0 aliphatic rings. The smallest absolute Gasteiger partial charge is 0.148 e. The highest BCUT2D eigenvalue weighted by molar-refractivity contribution is 4.75. The lowest BCUT2D eigenvalue weighted by Crippen LogP contribution is -1.90. The third kappa shape index (κ3) is 5.54. The van der Waals surface area contributed by atoms with Crippen molar-refractivity contribution in [2.24, 2.45) is 0 Å².